The molecule has 0 aromatic rings. The maximum atomic E-state index is 5.80. The van der Waals surface area contributed by atoms with E-state index in [0.29, 0.717) is 6.04 Å². The van der Waals surface area contributed by atoms with Crippen LogP contribution >= 0.6 is 0 Å². The number of likely N-dealkylation sites (tertiary alicyclic amines) is 1. The highest BCUT2D eigenvalue weighted by Crippen LogP contribution is 2.15. The minimum absolute atomic E-state index is 0.391. The number of rotatable bonds is 3. The van der Waals surface area contributed by atoms with E-state index >= 15 is 0 Å². The number of nitrogens with two attached hydrogens (primary N) is 1. The van der Waals surface area contributed by atoms with E-state index in [1.807, 2.05) is 0 Å². The molecule has 0 radical (unpaired) electrons. The number of nitrogens with zero attached hydrogens (tertiary/aromatic N) is 1. The van der Waals surface area contributed by atoms with E-state index < -0.39 is 0 Å². The van der Waals surface area contributed by atoms with E-state index in [0.717, 1.165) is 19.0 Å². The van der Waals surface area contributed by atoms with E-state index in [1.165, 1.54) is 13.0 Å². The standard InChI is InChI=1S/C8H18N2/c1-3-8(9)6-10-5-4-7(10)2/h7-8H,3-6,9H2,1-2H3. The molecule has 1 saturated heterocycles. The predicted octanol–water partition coefficient (Wildman–Crippen LogP) is 0.818. The fourth-order valence-electron chi connectivity index (χ4n) is 1.27. The minimum Gasteiger partial charge on any atom is -0.327 e. The molecular weight excluding hydrogens is 124 g/mol. The lowest BCUT2D eigenvalue weighted by Crippen LogP contribution is -2.50. The average molecular weight is 142 g/mol. The molecule has 0 aromatic heterocycles. The van der Waals surface area contributed by atoms with Crippen molar-refractivity contribution in [3.63, 3.8) is 0 Å². The fraction of sp³-hybridized carbons (Fsp3) is 1.00. The Morgan fingerprint density at radius 2 is 2.40 bits per heavy atom. The van der Waals surface area contributed by atoms with E-state index in [1.54, 1.807) is 0 Å². The maximum Gasteiger partial charge on any atom is 0.0165 e. The molecule has 1 aliphatic heterocycles. The summed E-state index contributed by atoms with van der Waals surface area (Å²) < 4.78 is 0. The molecule has 0 bridgehead atoms. The first-order chi connectivity index (χ1) is 4.74. The van der Waals surface area contributed by atoms with Crippen LogP contribution in [0.2, 0.25) is 0 Å². The SMILES string of the molecule is CCC(N)CN1CCC1C. The number of hydrogen-bond acceptors (Lipinski definition) is 2. The molecule has 2 atom stereocenters. The Hall–Kier alpha value is -0.0800. The van der Waals surface area contributed by atoms with Gasteiger partial charge in [0.1, 0.15) is 0 Å². The van der Waals surface area contributed by atoms with Crippen LogP contribution in [-0.4, -0.2) is 30.1 Å². The molecular formula is C8H18N2. The molecule has 0 aliphatic carbocycles. The summed E-state index contributed by atoms with van der Waals surface area (Å²) in [5.41, 5.74) is 5.80. The lowest BCUT2D eigenvalue weighted by atomic mass is 10.0. The largest absolute Gasteiger partial charge is 0.327 e. The molecule has 0 spiro atoms. The molecule has 2 unspecified atom stereocenters. The first-order valence-electron chi connectivity index (χ1n) is 4.23. The second kappa shape index (κ2) is 3.35. The van der Waals surface area contributed by atoms with E-state index in [-0.39, 0.29) is 0 Å². The normalized spacial score (nSPS) is 29.7. The zero-order valence-electron chi connectivity index (χ0n) is 7.01. The summed E-state index contributed by atoms with van der Waals surface area (Å²) in [6, 6.07) is 1.18. The monoisotopic (exact) mass is 142 g/mol. The third-order valence-corrected chi connectivity index (χ3v) is 2.45. The molecule has 1 fully saturated rings. The van der Waals surface area contributed by atoms with Crippen LogP contribution < -0.4 is 5.73 Å². The number of hydrogen-bond donors (Lipinski definition) is 1. The van der Waals surface area contributed by atoms with Crippen molar-refractivity contribution in [2.24, 2.45) is 5.73 Å². The van der Waals surface area contributed by atoms with Gasteiger partial charge >= 0.3 is 0 Å². The van der Waals surface area contributed by atoms with E-state index in [4.69, 9.17) is 5.73 Å². The molecule has 0 aromatic carbocycles. The smallest absolute Gasteiger partial charge is 0.0165 e. The van der Waals surface area contributed by atoms with Gasteiger partial charge in [0, 0.05) is 18.6 Å². The molecule has 60 valence electrons. The van der Waals surface area contributed by atoms with Gasteiger partial charge in [-0.25, -0.2) is 0 Å². The molecule has 2 heteroatoms. The van der Waals surface area contributed by atoms with Crippen LogP contribution in [0.15, 0.2) is 0 Å². The van der Waals surface area contributed by atoms with Crippen molar-refractivity contribution in [2.45, 2.75) is 38.8 Å². The van der Waals surface area contributed by atoms with Crippen molar-refractivity contribution in [1.82, 2.24) is 4.90 Å². The van der Waals surface area contributed by atoms with Crippen molar-refractivity contribution in [2.75, 3.05) is 13.1 Å². The second-order valence-corrected chi connectivity index (χ2v) is 3.30. The summed E-state index contributed by atoms with van der Waals surface area (Å²) in [5.74, 6) is 0. The topological polar surface area (TPSA) is 29.3 Å². The highest BCUT2D eigenvalue weighted by atomic mass is 15.2. The first kappa shape index (κ1) is 8.02. The Balaban J connectivity index is 2.12. The van der Waals surface area contributed by atoms with E-state index in [2.05, 4.69) is 18.7 Å². The Morgan fingerprint density at radius 3 is 2.70 bits per heavy atom. The second-order valence-electron chi connectivity index (χ2n) is 3.30. The van der Waals surface area contributed by atoms with Crippen LogP contribution in [0.1, 0.15) is 26.7 Å². The summed E-state index contributed by atoms with van der Waals surface area (Å²) in [6.07, 6.45) is 2.46. The van der Waals surface area contributed by atoms with Gasteiger partial charge in [0.05, 0.1) is 0 Å². The van der Waals surface area contributed by atoms with Crippen LogP contribution in [0.3, 0.4) is 0 Å². The van der Waals surface area contributed by atoms with Crippen molar-refractivity contribution in [1.29, 1.82) is 0 Å². The Labute approximate surface area is 63.4 Å². The van der Waals surface area contributed by atoms with Crippen LogP contribution in [0.4, 0.5) is 0 Å². The van der Waals surface area contributed by atoms with Crippen LogP contribution in [-0.2, 0) is 0 Å². The molecule has 1 aliphatic rings. The fourth-order valence-corrected chi connectivity index (χ4v) is 1.27. The quantitative estimate of drug-likeness (QED) is 0.632. The van der Waals surface area contributed by atoms with Gasteiger partial charge in [-0.15, -0.1) is 0 Å². The maximum absolute atomic E-state index is 5.80. The lowest BCUT2D eigenvalue weighted by molar-refractivity contribution is 0.0963. The van der Waals surface area contributed by atoms with Gasteiger partial charge in [0.2, 0.25) is 0 Å². The van der Waals surface area contributed by atoms with Crippen LogP contribution in [0, 0.1) is 0 Å². The summed E-state index contributed by atoms with van der Waals surface area (Å²) in [4.78, 5) is 2.45. The Morgan fingerprint density at radius 1 is 1.70 bits per heavy atom. The minimum atomic E-state index is 0.391. The van der Waals surface area contributed by atoms with Gasteiger partial charge in [0.25, 0.3) is 0 Å². The molecule has 10 heavy (non-hydrogen) atoms. The van der Waals surface area contributed by atoms with Crippen molar-refractivity contribution < 1.29 is 0 Å². The predicted molar refractivity (Wildman–Crippen MR) is 43.9 cm³/mol. The van der Waals surface area contributed by atoms with Crippen LogP contribution in [0.5, 0.6) is 0 Å². The molecule has 1 heterocycles. The summed E-state index contributed by atoms with van der Waals surface area (Å²) in [6.45, 7) is 6.77. The molecule has 2 nitrogen and oxygen atoms in total. The lowest BCUT2D eigenvalue weighted by Gasteiger charge is -2.40. The van der Waals surface area contributed by atoms with E-state index in [9.17, 15) is 0 Å². The highest BCUT2D eigenvalue weighted by Gasteiger charge is 2.23. The Kier molecular flexibility index (Phi) is 2.69. The average Bonchev–Trinajstić information content (AvgIpc) is 1.96. The summed E-state index contributed by atoms with van der Waals surface area (Å²) >= 11 is 0. The third kappa shape index (κ3) is 1.70. The third-order valence-electron chi connectivity index (χ3n) is 2.45. The van der Waals surface area contributed by atoms with Gasteiger partial charge in [-0.3, -0.25) is 4.90 Å². The zero-order valence-corrected chi connectivity index (χ0v) is 7.01. The van der Waals surface area contributed by atoms with Gasteiger partial charge < -0.3 is 5.73 Å². The van der Waals surface area contributed by atoms with Gasteiger partial charge in [0.15, 0.2) is 0 Å². The van der Waals surface area contributed by atoms with Gasteiger partial charge in [-0.05, 0) is 26.3 Å². The van der Waals surface area contributed by atoms with Gasteiger partial charge in [-0.1, -0.05) is 6.92 Å². The highest BCUT2D eigenvalue weighted by molar-refractivity contribution is 4.81. The molecule has 0 amide bonds. The summed E-state index contributed by atoms with van der Waals surface area (Å²) in [7, 11) is 0. The van der Waals surface area contributed by atoms with Gasteiger partial charge in [-0.2, -0.15) is 0 Å². The van der Waals surface area contributed by atoms with Crippen LogP contribution in [0.25, 0.3) is 0 Å². The van der Waals surface area contributed by atoms with Crippen molar-refractivity contribution in [3.05, 3.63) is 0 Å². The first-order valence-corrected chi connectivity index (χ1v) is 4.23. The molecule has 0 saturated carbocycles. The molecule has 1 rings (SSSR count). The summed E-state index contributed by atoms with van der Waals surface area (Å²) in [5, 5.41) is 0. The molecule has 2 N–H and O–H groups in total. The zero-order chi connectivity index (χ0) is 7.56. The van der Waals surface area contributed by atoms with Crippen molar-refractivity contribution >= 4 is 0 Å². The van der Waals surface area contributed by atoms with Crippen molar-refractivity contribution in [3.8, 4) is 0 Å². The Bertz CT molecular complexity index is 103.